The van der Waals surface area contributed by atoms with Gasteiger partial charge in [-0.15, -0.1) is 0 Å². The topological polar surface area (TPSA) is 96.3 Å². The van der Waals surface area contributed by atoms with Crippen LogP contribution in [-0.2, 0) is 4.79 Å². The Morgan fingerprint density at radius 2 is 2.07 bits per heavy atom. The Morgan fingerprint density at radius 1 is 1.26 bits per heavy atom. The van der Waals surface area contributed by atoms with Gasteiger partial charge in [-0.05, 0) is 48.5 Å². The zero-order valence-electron chi connectivity index (χ0n) is 14.7. The maximum Gasteiger partial charge on any atom is 0.293 e. The zero-order chi connectivity index (χ0) is 19.4. The molecule has 0 radical (unpaired) electrons. The van der Waals surface area contributed by atoms with Crippen molar-refractivity contribution >= 4 is 61.5 Å². The van der Waals surface area contributed by atoms with E-state index in [1.165, 1.54) is 17.6 Å². The largest absolute Gasteiger partial charge is 0.459 e. The van der Waals surface area contributed by atoms with Crippen LogP contribution in [0.5, 0.6) is 0 Å². The molecule has 140 valence electrons. The molecule has 0 atom stereocenters. The standard InChI is InChI=1S/C18H18N4O3S2/c1-10(2)8-15(23)21-17(26)19-11-5-6-12-14(9-11)27-18(20-12)22-16(24)13-4-3-7-25-13/h3-7,9-10H,8H2,1-2H3,(H,20,22,24)(H2,19,21,23,26). The molecule has 27 heavy (non-hydrogen) atoms. The van der Waals surface area contributed by atoms with Crippen molar-refractivity contribution in [1.82, 2.24) is 10.3 Å². The molecule has 2 aromatic heterocycles. The van der Waals surface area contributed by atoms with Crippen molar-refractivity contribution in [2.75, 3.05) is 10.6 Å². The molecule has 3 rings (SSSR count). The molecule has 0 fully saturated rings. The lowest BCUT2D eigenvalue weighted by atomic mass is 10.1. The van der Waals surface area contributed by atoms with Crippen LogP contribution in [0.2, 0.25) is 0 Å². The van der Waals surface area contributed by atoms with Crippen molar-refractivity contribution in [2.45, 2.75) is 20.3 Å². The van der Waals surface area contributed by atoms with Gasteiger partial charge in [0.1, 0.15) is 0 Å². The van der Waals surface area contributed by atoms with Crippen molar-refractivity contribution in [2.24, 2.45) is 5.92 Å². The summed E-state index contributed by atoms with van der Waals surface area (Å²) in [6.07, 6.45) is 1.85. The molecule has 2 amide bonds. The first-order chi connectivity index (χ1) is 12.9. The summed E-state index contributed by atoms with van der Waals surface area (Å²) in [5, 5.41) is 9.07. The Labute approximate surface area is 165 Å². The van der Waals surface area contributed by atoms with E-state index in [4.69, 9.17) is 16.6 Å². The number of rotatable bonds is 5. The second-order valence-corrected chi connectivity index (χ2v) is 7.67. The summed E-state index contributed by atoms with van der Waals surface area (Å²) in [6.45, 7) is 3.94. The van der Waals surface area contributed by atoms with E-state index in [-0.39, 0.29) is 28.6 Å². The number of nitrogens with one attached hydrogen (secondary N) is 3. The summed E-state index contributed by atoms with van der Waals surface area (Å²) in [5.74, 6) is 0.00555. The zero-order valence-corrected chi connectivity index (χ0v) is 16.4. The third-order valence-corrected chi connectivity index (χ3v) is 4.60. The molecular formula is C18H18N4O3S2. The van der Waals surface area contributed by atoms with Gasteiger partial charge in [0.2, 0.25) is 5.91 Å². The third-order valence-electron chi connectivity index (χ3n) is 3.46. The number of fused-ring (bicyclic) bond motifs is 1. The van der Waals surface area contributed by atoms with Crippen LogP contribution in [0, 0.1) is 5.92 Å². The molecule has 0 saturated heterocycles. The van der Waals surface area contributed by atoms with Crippen molar-refractivity contribution in [3.05, 3.63) is 42.4 Å². The van der Waals surface area contributed by atoms with Gasteiger partial charge >= 0.3 is 0 Å². The van der Waals surface area contributed by atoms with Gasteiger partial charge in [0.25, 0.3) is 5.91 Å². The predicted octanol–water partition coefficient (Wildman–Crippen LogP) is 4.00. The minimum Gasteiger partial charge on any atom is -0.459 e. The molecule has 9 heteroatoms. The highest BCUT2D eigenvalue weighted by atomic mass is 32.1. The number of anilines is 2. The highest BCUT2D eigenvalue weighted by Gasteiger charge is 2.13. The van der Waals surface area contributed by atoms with E-state index in [1.54, 1.807) is 18.2 Å². The number of carbonyl (C=O) groups is 2. The summed E-state index contributed by atoms with van der Waals surface area (Å²) >= 11 is 6.50. The van der Waals surface area contributed by atoms with Crippen LogP contribution in [-0.4, -0.2) is 21.9 Å². The van der Waals surface area contributed by atoms with Crippen LogP contribution in [0.3, 0.4) is 0 Å². The van der Waals surface area contributed by atoms with E-state index in [0.717, 1.165) is 15.9 Å². The molecule has 2 heterocycles. The molecule has 0 spiro atoms. The lowest BCUT2D eigenvalue weighted by Gasteiger charge is -2.10. The van der Waals surface area contributed by atoms with Crippen molar-refractivity contribution < 1.29 is 14.0 Å². The highest BCUT2D eigenvalue weighted by Crippen LogP contribution is 2.28. The number of carbonyl (C=O) groups excluding carboxylic acids is 2. The Hall–Kier alpha value is -2.78. The normalized spacial score (nSPS) is 10.8. The summed E-state index contributed by atoms with van der Waals surface area (Å²) < 4.78 is 5.93. The van der Waals surface area contributed by atoms with Gasteiger partial charge in [0.15, 0.2) is 16.0 Å². The fourth-order valence-corrected chi connectivity index (χ4v) is 3.46. The fraction of sp³-hybridized carbons (Fsp3) is 0.222. The Balaban J connectivity index is 1.66. The van der Waals surface area contributed by atoms with Crippen LogP contribution < -0.4 is 16.0 Å². The van der Waals surface area contributed by atoms with Gasteiger partial charge in [-0.3, -0.25) is 14.9 Å². The monoisotopic (exact) mass is 402 g/mol. The molecule has 7 nitrogen and oxygen atoms in total. The lowest BCUT2D eigenvalue weighted by Crippen LogP contribution is -2.34. The minimum absolute atomic E-state index is 0.121. The number of thiazole rings is 1. The van der Waals surface area contributed by atoms with Gasteiger partial charge in [-0.2, -0.15) is 0 Å². The number of thiocarbonyl (C=S) groups is 1. The molecule has 0 unspecified atom stereocenters. The van der Waals surface area contributed by atoms with Crippen LogP contribution in [0.15, 0.2) is 41.0 Å². The number of benzene rings is 1. The Bertz CT molecular complexity index is 980. The van der Waals surface area contributed by atoms with Gasteiger partial charge in [-0.1, -0.05) is 25.2 Å². The van der Waals surface area contributed by atoms with Crippen LogP contribution in [0.4, 0.5) is 10.8 Å². The van der Waals surface area contributed by atoms with Gasteiger partial charge < -0.3 is 15.1 Å². The summed E-state index contributed by atoms with van der Waals surface area (Å²) in [5.41, 5.74) is 1.47. The number of aromatic nitrogens is 1. The Kier molecular flexibility index (Phi) is 5.82. The van der Waals surface area contributed by atoms with Gasteiger partial charge in [-0.25, -0.2) is 4.98 Å². The van der Waals surface area contributed by atoms with E-state index in [2.05, 4.69) is 20.9 Å². The smallest absolute Gasteiger partial charge is 0.293 e. The summed E-state index contributed by atoms with van der Waals surface area (Å²) in [7, 11) is 0. The van der Waals surface area contributed by atoms with Crippen LogP contribution in [0.25, 0.3) is 10.2 Å². The van der Waals surface area contributed by atoms with Gasteiger partial charge in [0, 0.05) is 12.1 Å². The first kappa shape index (κ1) is 19.0. The van der Waals surface area contributed by atoms with Gasteiger partial charge in [0.05, 0.1) is 16.5 Å². The molecular weight excluding hydrogens is 384 g/mol. The number of hydrogen-bond donors (Lipinski definition) is 3. The molecule has 0 aliphatic carbocycles. The first-order valence-corrected chi connectivity index (χ1v) is 9.49. The minimum atomic E-state index is -0.355. The van der Waals surface area contributed by atoms with Crippen LogP contribution >= 0.6 is 23.6 Å². The highest BCUT2D eigenvalue weighted by molar-refractivity contribution is 7.80. The number of hydrogen-bond acceptors (Lipinski definition) is 6. The molecule has 0 aliphatic heterocycles. The van der Waals surface area contributed by atoms with E-state index in [0.29, 0.717) is 11.6 Å². The lowest BCUT2D eigenvalue weighted by molar-refractivity contribution is -0.120. The van der Waals surface area contributed by atoms with E-state index in [1.807, 2.05) is 26.0 Å². The predicted molar refractivity (Wildman–Crippen MR) is 110 cm³/mol. The molecule has 0 bridgehead atoms. The SMILES string of the molecule is CC(C)CC(=O)NC(=S)Nc1ccc2nc(NC(=O)c3ccco3)sc2c1. The number of nitrogens with zero attached hydrogens (tertiary/aromatic N) is 1. The van der Waals surface area contributed by atoms with Crippen molar-refractivity contribution in [3.8, 4) is 0 Å². The van der Waals surface area contributed by atoms with Crippen molar-refractivity contribution in [1.29, 1.82) is 0 Å². The van der Waals surface area contributed by atoms with E-state index >= 15 is 0 Å². The average molecular weight is 403 g/mol. The maximum absolute atomic E-state index is 12.0. The summed E-state index contributed by atoms with van der Waals surface area (Å²) in [6, 6.07) is 8.71. The summed E-state index contributed by atoms with van der Waals surface area (Å²) in [4.78, 5) is 28.2. The van der Waals surface area contributed by atoms with E-state index < -0.39 is 0 Å². The maximum atomic E-state index is 12.0. The number of amides is 2. The molecule has 0 saturated carbocycles. The molecule has 3 aromatic rings. The fourth-order valence-electron chi connectivity index (χ4n) is 2.33. The molecule has 0 aliphatic rings. The molecule has 1 aromatic carbocycles. The third kappa shape index (κ3) is 5.11. The quantitative estimate of drug-likeness (QED) is 0.558. The second kappa shape index (κ2) is 8.28. The van der Waals surface area contributed by atoms with Crippen LogP contribution in [0.1, 0.15) is 30.8 Å². The second-order valence-electron chi connectivity index (χ2n) is 6.23. The molecule has 3 N–H and O–H groups in total. The van der Waals surface area contributed by atoms with E-state index in [9.17, 15) is 9.59 Å². The van der Waals surface area contributed by atoms with Crippen molar-refractivity contribution in [3.63, 3.8) is 0 Å². The first-order valence-electron chi connectivity index (χ1n) is 8.27. The number of furan rings is 1. The Morgan fingerprint density at radius 3 is 2.78 bits per heavy atom. The average Bonchev–Trinajstić information content (AvgIpc) is 3.22.